The first kappa shape index (κ1) is 15.4. The van der Waals surface area contributed by atoms with Gasteiger partial charge in [0.15, 0.2) is 0 Å². The molecule has 0 spiro atoms. The van der Waals surface area contributed by atoms with Crippen LogP contribution in [0.5, 0.6) is 5.75 Å². The summed E-state index contributed by atoms with van der Waals surface area (Å²) in [5.41, 5.74) is 1.87. The number of H-pyrrole nitrogens is 1. The molecule has 6 heteroatoms. The molecule has 23 heavy (non-hydrogen) atoms. The third-order valence-corrected chi connectivity index (χ3v) is 4.47. The number of carbonyl (C=O) groups excluding carboxylic acids is 1. The van der Waals surface area contributed by atoms with Gasteiger partial charge in [-0.2, -0.15) is 0 Å². The molecule has 0 unspecified atom stereocenters. The topological polar surface area (TPSA) is 91.4 Å². The van der Waals surface area contributed by atoms with E-state index in [1.165, 1.54) is 0 Å². The second kappa shape index (κ2) is 6.32. The summed E-state index contributed by atoms with van der Waals surface area (Å²) in [5.74, 6) is -0.438. The lowest BCUT2D eigenvalue weighted by Gasteiger charge is -2.12. The van der Waals surface area contributed by atoms with E-state index in [9.17, 15) is 9.59 Å². The van der Waals surface area contributed by atoms with E-state index in [0.717, 1.165) is 28.6 Å². The van der Waals surface area contributed by atoms with Crippen LogP contribution in [0.2, 0.25) is 0 Å². The van der Waals surface area contributed by atoms with Crippen LogP contribution in [0.4, 0.5) is 0 Å². The number of nitrogens with one attached hydrogen (secondary N) is 2. The van der Waals surface area contributed by atoms with Gasteiger partial charge >= 0.3 is 5.97 Å². The highest BCUT2D eigenvalue weighted by Gasteiger charge is 2.30. The molecule has 0 aliphatic heterocycles. The number of rotatable bonds is 5. The summed E-state index contributed by atoms with van der Waals surface area (Å²) < 4.78 is 5.22. The number of amides is 1. The minimum absolute atomic E-state index is 0.0386. The van der Waals surface area contributed by atoms with Gasteiger partial charge in [0, 0.05) is 23.1 Å². The number of aromatic nitrogens is 1. The highest BCUT2D eigenvalue weighted by Crippen LogP contribution is 2.26. The number of hydrogen-bond acceptors (Lipinski definition) is 3. The van der Waals surface area contributed by atoms with Crippen molar-refractivity contribution in [3.8, 4) is 5.75 Å². The second-order valence-corrected chi connectivity index (χ2v) is 6.01. The standard InChI is InChI=1S/C17H20N2O4/c1-23-13-4-5-15-14(8-13)11(9-18-15)7-16(20)19-12-3-2-10(6-12)17(21)22/h4-5,8-10,12,18H,2-3,6-7H2,1H3,(H,19,20)(H,21,22)/t10-,12+/m1/s1. The summed E-state index contributed by atoms with van der Waals surface area (Å²) in [5, 5.41) is 12.9. The van der Waals surface area contributed by atoms with Crippen LogP contribution >= 0.6 is 0 Å². The normalized spacial score (nSPS) is 20.6. The van der Waals surface area contributed by atoms with Gasteiger partial charge in [0.25, 0.3) is 0 Å². The molecule has 1 fully saturated rings. The van der Waals surface area contributed by atoms with E-state index in [1.54, 1.807) is 7.11 Å². The SMILES string of the molecule is COc1ccc2[nH]cc(CC(=O)N[C@H]3CC[C@@H](C(=O)O)C3)c2c1. The number of carboxylic acids is 1. The van der Waals surface area contributed by atoms with Crippen molar-refractivity contribution in [1.29, 1.82) is 0 Å². The number of benzene rings is 1. The van der Waals surface area contributed by atoms with Gasteiger partial charge in [-0.05, 0) is 43.0 Å². The molecule has 2 atom stereocenters. The average molecular weight is 316 g/mol. The van der Waals surface area contributed by atoms with Crippen LogP contribution in [0.15, 0.2) is 24.4 Å². The minimum atomic E-state index is -0.773. The first-order valence-corrected chi connectivity index (χ1v) is 7.73. The second-order valence-electron chi connectivity index (χ2n) is 6.01. The number of aromatic amines is 1. The van der Waals surface area contributed by atoms with Crippen LogP contribution < -0.4 is 10.1 Å². The van der Waals surface area contributed by atoms with Gasteiger partial charge in [0.05, 0.1) is 19.4 Å². The number of fused-ring (bicyclic) bond motifs is 1. The Morgan fingerprint density at radius 3 is 2.91 bits per heavy atom. The third kappa shape index (κ3) is 3.31. The fourth-order valence-electron chi connectivity index (χ4n) is 3.22. The lowest BCUT2D eigenvalue weighted by atomic mass is 10.1. The Hall–Kier alpha value is -2.50. The molecule has 1 aromatic carbocycles. The summed E-state index contributed by atoms with van der Waals surface area (Å²) in [6.45, 7) is 0. The molecule has 1 aliphatic carbocycles. The lowest BCUT2D eigenvalue weighted by molar-refractivity contribution is -0.141. The van der Waals surface area contributed by atoms with Crippen molar-refractivity contribution in [2.45, 2.75) is 31.7 Å². The summed E-state index contributed by atoms with van der Waals surface area (Å²) in [6, 6.07) is 5.66. The quantitative estimate of drug-likeness (QED) is 0.787. The number of hydrogen-bond donors (Lipinski definition) is 3. The first-order chi connectivity index (χ1) is 11.1. The Labute approximate surface area is 133 Å². The number of methoxy groups -OCH3 is 1. The molecule has 2 aromatic rings. The van der Waals surface area contributed by atoms with Crippen molar-refractivity contribution in [2.24, 2.45) is 5.92 Å². The summed E-state index contributed by atoms with van der Waals surface area (Å²) in [4.78, 5) is 26.4. The Kier molecular flexibility index (Phi) is 4.23. The zero-order valence-corrected chi connectivity index (χ0v) is 13.0. The molecule has 0 saturated heterocycles. The number of carboxylic acid groups (broad SMARTS) is 1. The van der Waals surface area contributed by atoms with Gasteiger partial charge in [-0.25, -0.2) is 0 Å². The van der Waals surface area contributed by atoms with Crippen molar-refractivity contribution in [3.63, 3.8) is 0 Å². The third-order valence-electron chi connectivity index (χ3n) is 4.47. The molecule has 1 heterocycles. The van der Waals surface area contributed by atoms with E-state index in [1.807, 2.05) is 24.4 Å². The van der Waals surface area contributed by atoms with Gasteiger partial charge in [-0.15, -0.1) is 0 Å². The van der Waals surface area contributed by atoms with E-state index in [2.05, 4.69) is 10.3 Å². The molecule has 122 valence electrons. The van der Waals surface area contributed by atoms with Crippen molar-refractivity contribution in [3.05, 3.63) is 30.0 Å². The van der Waals surface area contributed by atoms with Crippen molar-refractivity contribution < 1.29 is 19.4 Å². The fraction of sp³-hybridized carbons (Fsp3) is 0.412. The maximum absolute atomic E-state index is 12.2. The van der Waals surface area contributed by atoms with Gasteiger partial charge in [-0.1, -0.05) is 0 Å². The molecule has 1 saturated carbocycles. The number of ether oxygens (including phenoxy) is 1. The van der Waals surface area contributed by atoms with Crippen molar-refractivity contribution in [2.75, 3.05) is 7.11 Å². The largest absolute Gasteiger partial charge is 0.497 e. The molecule has 3 N–H and O–H groups in total. The van der Waals surface area contributed by atoms with Crippen LogP contribution in [0, 0.1) is 5.92 Å². The van der Waals surface area contributed by atoms with Crippen LogP contribution in [-0.4, -0.2) is 35.1 Å². The van der Waals surface area contributed by atoms with Gasteiger partial charge in [0.2, 0.25) is 5.91 Å². The summed E-state index contributed by atoms with van der Waals surface area (Å²) >= 11 is 0. The van der Waals surface area contributed by atoms with Crippen molar-refractivity contribution >= 4 is 22.8 Å². The first-order valence-electron chi connectivity index (χ1n) is 7.73. The van der Waals surface area contributed by atoms with Gasteiger partial charge < -0.3 is 20.1 Å². The Balaban J connectivity index is 1.65. The van der Waals surface area contributed by atoms with Crippen LogP contribution in [0.3, 0.4) is 0 Å². The van der Waals surface area contributed by atoms with E-state index >= 15 is 0 Å². The smallest absolute Gasteiger partial charge is 0.306 e. The summed E-state index contributed by atoms with van der Waals surface area (Å²) in [7, 11) is 1.61. The number of carbonyl (C=O) groups is 2. The maximum Gasteiger partial charge on any atom is 0.306 e. The molecule has 0 radical (unpaired) electrons. The Morgan fingerprint density at radius 1 is 1.39 bits per heavy atom. The minimum Gasteiger partial charge on any atom is -0.497 e. The predicted octanol–water partition coefficient (Wildman–Crippen LogP) is 2.09. The molecule has 6 nitrogen and oxygen atoms in total. The number of aliphatic carboxylic acids is 1. The maximum atomic E-state index is 12.2. The molecule has 1 aromatic heterocycles. The lowest BCUT2D eigenvalue weighted by Crippen LogP contribution is -2.34. The van der Waals surface area contributed by atoms with Crippen molar-refractivity contribution in [1.82, 2.24) is 10.3 Å². The van der Waals surface area contributed by atoms with Gasteiger partial charge in [-0.3, -0.25) is 9.59 Å². The molecular formula is C17H20N2O4. The molecule has 0 bridgehead atoms. The molecule has 1 amide bonds. The van der Waals surface area contributed by atoms with Crippen LogP contribution in [0.1, 0.15) is 24.8 Å². The van der Waals surface area contributed by atoms with E-state index in [4.69, 9.17) is 9.84 Å². The Morgan fingerprint density at radius 2 is 2.22 bits per heavy atom. The van der Waals surface area contributed by atoms with Crippen LogP contribution in [-0.2, 0) is 16.0 Å². The highest BCUT2D eigenvalue weighted by atomic mass is 16.5. The fourth-order valence-corrected chi connectivity index (χ4v) is 3.22. The average Bonchev–Trinajstić information content (AvgIpc) is 3.14. The zero-order valence-electron chi connectivity index (χ0n) is 13.0. The summed E-state index contributed by atoms with van der Waals surface area (Å²) in [6.07, 6.45) is 3.97. The molecule has 3 rings (SSSR count). The van der Waals surface area contributed by atoms with E-state index < -0.39 is 5.97 Å². The Bertz CT molecular complexity index is 737. The molecular weight excluding hydrogens is 296 g/mol. The zero-order chi connectivity index (χ0) is 16.4. The van der Waals surface area contributed by atoms with E-state index in [0.29, 0.717) is 12.8 Å². The van der Waals surface area contributed by atoms with Gasteiger partial charge in [0.1, 0.15) is 5.75 Å². The monoisotopic (exact) mass is 316 g/mol. The van der Waals surface area contributed by atoms with Crippen LogP contribution in [0.25, 0.3) is 10.9 Å². The predicted molar refractivity (Wildman–Crippen MR) is 85.5 cm³/mol. The van der Waals surface area contributed by atoms with E-state index in [-0.39, 0.29) is 24.3 Å². The molecule has 1 aliphatic rings. The highest BCUT2D eigenvalue weighted by molar-refractivity contribution is 5.89.